The second-order valence-corrected chi connectivity index (χ2v) is 9.03. The molecule has 0 aromatic heterocycles. The number of rotatable bonds is 11. The molecule has 2 aromatic carbocycles. The average Bonchev–Trinajstić information content (AvgIpc) is 2.78. The zero-order valence-corrected chi connectivity index (χ0v) is 19.9. The van der Waals surface area contributed by atoms with Gasteiger partial charge in [0.15, 0.2) is 0 Å². The first kappa shape index (κ1) is 25.3. The third-order valence-corrected chi connectivity index (χ3v) is 6.82. The minimum Gasteiger partial charge on any atom is -0.393 e. The van der Waals surface area contributed by atoms with Crippen LogP contribution in [0.15, 0.2) is 42.5 Å². The summed E-state index contributed by atoms with van der Waals surface area (Å²) in [4.78, 5) is 0. The molecule has 2 aromatic rings. The van der Waals surface area contributed by atoms with Gasteiger partial charge in [0.1, 0.15) is 0 Å². The van der Waals surface area contributed by atoms with Crippen molar-refractivity contribution in [3.63, 3.8) is 0 Å². The Morgan fingerprint density at radius 3 is 2.10 bits per heavy atom. The van der Waals surface area contributed by atoms with Gasteiger partial charge in [-0.2, -0.15) is 0 Å². The van der Waals surface area contributed by atoms with Gasteiger partial charge in [-0.1, -0.05) is 70.2 Å². The van der Waals surface area contributed by atoms with Crippen LogP contribution in [0, 0.1) is 12.8 Å². The third kappa shape index (κ3) is 6.29. The molecule has 0 fully saturated rings. The fraction of sp³-hybridized carbons (Fsp3) is 0.500. The molecule has 1 atom stereocenters. The van der Waals surface area contributed by atoms with Crippen molar-refractivity contribution >= 4 is 6.08 Å². The predicted octanol–water partition coefficient (Wildman–Crippen LogP) is 5.70. The first-order valence-electron chi connectivity index (χ1n) is 11.6. The molecule has 0 radical (unpaired) electrons. The highest BCUT2D eigenvalue weighted by atomic mass is 16.3. The van der Waals surface area contributed by atoms with E-state index in [0.717, 1.165) is 42.4 Å². The van der Waals surface area contributed by atoms with E-state index in [4.69, 9.17) is 0 Å². The summed E-state index contributed by atoms with van der Waals surface area (Å²) in [5, 5.41) is 29.2. The van der Waals surface area contributed by atoms with Crippen LogP contribution in [0.3, 0.4) is 0 Å². The van der Waals surface area contributed by atoms with Crippen LogP contribution in [-0.2, 0) is 25.0 Å². The summed E-state index contributed by atoms with van der Waals surface area (Å²) in [6, 6.07) is 12.6. The lowest BCUT2D eigenvalue weighted by atomic mass is 9.74. The first-order valence-corrected chi connectivity index (χ1v) is 11.6. The van der Waals surface area contributed by atoms with E-state index in [9.17, 15) is 15.3 Å². The van der Waals surface area contributed by atoms with Gasteiger partial charge in [-0.15, -0.1) is 0 Å². The molecule has 0 saturated carbocycles. The molecule has 170 valence electrons. The lowest BCUT2D eigenvalue weighted by molar-refractivity contribution is 0.116. The molecule has 0 aliphatic heterocycles. The van der Waals surface area contributed by atoms with E-state index in [0.29, 0.717) is 0 Å². The van der Waals surface area contributed by atoms with Crippen LogP contribution in [0.5, 0.6) is 0 Å². The summed E-state index contributed by atoms with van der Waals surface area (Å²) < 4.78 is 0. The van der Waals surface area contributed by atoms with E-state index >= 15 is 0 Å². The second-order valence-electron chi connectivity index (χ2n) is 9.03. The molecule has 0 amide bonds. The molecule has 31 heavy (non-hydrogen) atoms. The summed E-state index contributed by atoms with van der Waals surface area (Å²) in [5.74, 6) is 0.287. The maximum atomic E-state index is 10.1. The van der Waals surface area contributed by atoms with E-state index in [1.165, 1.54) is 16.7 Å². The Bertz CT molecular complexity index is 863. The Morgan fingerprint density at radius 2 is 1.55 bits per heavy atom. The highest BCUT2D eigenvalue weighted by Gasteiger charge is 2.26. The van der Waals surface area contributed by atoms with Gasteiger partial charge in [0.2, 0.25) is 0 Å². The predicted molar refractivity (Wildman–Crippen MR) is 130 cm³/mol. The van der Waals surface area contributed by atoms with Crippen LogP contribution >= 0.6 is 0 Å². The van der Waals surface area contributed by atoms with Crippen LogP contribution in [0.2, 0.25) is 0 Å². The fourth-order valence-corrected chi connectivity index (χ4v) is 4.22. The van der Waals surface area contributed by atoms with Crippen LogP contribution in [0.4, 0.5) is 0 Å². The molecule has 0 bridgehead atoms. The van der Waals surface area contributed by atoms with Crippen molar-refractivity contribution < 1.29 is 15.3 Å². The minimum atomic E-state index is -0.256. The standard InChI is InChI=1S/C28H40O3/c1-6-28(7-2,15-14-22-8-9-24(18-29)25(17-22)19-30)26-12-10-23(21(5)16-26)11-13-27(31)20(3)4/h8-10,12,14-17,20,27,29-31H,6-7,11,13,18-19H2,1-5H3/b15-14+. The van der Waals surface area contributed by atoms with E-state index in [-0.39, 0.29) is 30.7 Å². The van der Waals surface area contributed by atoms with Crippen LogP contribution in [-0.4, -0.2) is 21.4 Å². The lowest BCUT2D eigenvalue weighted by Crippen LogP contribution is -2.22. The number of hydrogen-bond acceptors (Lipinski definition) is 3. The van der Waals surface area contributed by atoms with Crippen LogP contribution in [0.1, 0.15) is 80.3 Å². The highest BCUT2D eigenvalue weighted by molar-refractivity contribution is 5.55. The van der Waals surface area contributed by atoms with Crippen molar-refractivity contribution in [2.24, 2.45) is 5.92 Å². The van der Waals surface area contributed by atoms with Gasteiger partial charge in [0.25, 0.3) is 0 Å². The van der Waals surface area contributed by atoms with Crippen molar-refractivity contribution in [2.75, 3.05) is 0 Å². The summed E-state index contributed by atoms with van der Waals surface area (Å²) in [7, 11) is 0. The molecule has 1 unspecified atom stereocenters. The van der Waals surface area contributed by atoms with Gasteiger partial charge < -0.3 is 15.3 Å². The zero-order chi connectivity index (χ0) is 23.0. The maximum absolute atomic E-state index is 10.1. The van der Waals surface area contributed by atoms with Gasteiger partial charge in [0, 0.05) is 5.41 Å². The van der Waals surface area contributed by atoms with Crippen LogP contribution in [0.25, 0.3) is 6.08 Å². The molecular weight excluding hydrogens is 384 g/mol. The summed E-state index contributed by atoms with van der Waals surface area (Å²) in [5.41, 5.74) is 6.41. The van der Waals surface area contributed by atoms with Crippen molar-refractivity contribution in [1.29, 1.82) is 0 Å². The summed E-state index contributed by atoms with van der Waals surface area (Å²) in [6.45, 7) is 10.6. The molecule has 0 aliphatic carbocycles. The van der Waals surface area contributed by atoms with Crippen molar-refractivity contribution in [3.05, 3.63) is 75.9 Å². The molecule has 0 saturated heterocycles. The molecule has 0 heterocycles. The van der Waals surface area contributed by atoms with Gasteiger partial charge in [0.05, 0.1) is 19.3 Å². The SMILES string of the molecule is CCC(/C=C/c1ccc(CO)c(CO)c1)(CC)c1ccc(CCC(O)C(C)C)c(C)c1. The number of benzene rings is 2. The number of hydrogen-bond donors (Lipinski definition) is 3. The maximum Gasteiger partial charge on any atom is 0.0685 e. The van der Waals surface area contributed by atoms with Crippen molar-refractivity contribution in [1.82, 2.24) is 0 Å². The Labute approximate surface area is 188 Å². The Hall–Kier alpha value is -1.94. The third-order valence-electron chi connectivity index (χ3n) is 6.82. The fourth-order valence-electron chi connectivity index (χ4n) is 4.22. The van der Waals surface area contributed by atoms with Crippen molar-refractivity contribution in [2.45, 2.75) is 85.0 Å². The van der Waals surface area contributed by atoms with Gasteiger partial charge >= 0.3 is 0 Å². The number of aliphatic hydroxyl groups is 3. The molecule has 3 heteroatoms. The molecule has 3 N–H and O–H groups in total. The highest BCUT2D eigenvalue weighted by Crippen LogP contribution is 2.35. The van der Waals surface area contributed by atoms with Crippen molar-refractivity contribution in [3.8, 4) is 0 Å². The lowest BCUT2D eigenvalue weighted by Gasteiger charge is -2.30. The van der Waals surface area contributed by atoms with Crippen LogP contribution < -0.4 is 0 Å². The molecule has 2 rings (SSSR count). The second kappa shape index (κ2) is 11.6. The molecule has 0 aliphatic rings. The van der Waals surface area contributed by atoms with E-state index < -0.39 is 0 Å². The van der Waals surface area contributed by atoms with E-state index in [2.05, 4.69) is 65.0 Å². The van der Waals surface area contributed by atoms with Gasteiger partial charge in [-0.3, -0.25) is 0 Å². The quantitative estimate of drug-likeness (QED) is 0.434. The Morgan fingerprint density at radius 1 is 0.903 bits per heavy atom. The Kier molecular flexibility index (Phi) is 9.49. The molecular formula is C28H40O3. The topological polar surface area (TPSA) is 60.7 Å². The smallest absolute Gasteiger partial charge is 0.0685 e. The molecule has 3 nitrogen and oxygen atoms in total. The first-order chi connectivity index (χ1) is 14.8. The number of allylic oxidation sites excluding steroid dienone is 1. The van der Waals surface area contributed by atoms with E-state index in [1.54, 1.807) is 0 Å². The average molecular weight is 425 g/mol. The van der Waals surface area contributed by atoms with E-state index in [1.807, 2.05) is 18.2 Å². The number of aliphatic hydroxyl groups excluding tert-OH is 3. The van der Waals surface area contributed by atoms with Gasteiger partial charge in [-0.05, 0) is 78.0 Å². The number of aryl methyl sites for hydroxylation is 2. The largest absolute Gasteiger partial charge is 0.393 e. The Balaban J connectivity index is 2.29. The monoisotopic (exact) mass is 424 g/mol. The minimum absolute atomic E-state index is 0.0598. The molecule has 0 spiro atoms. The van der Waals surface area contributed by atoms with Gasteiger partial charge in [-0.25, -0.2) is 0 Å². The zero-order valence-electron chi connectivity index (χ0n) is 19.9. The summed E-state index contributed by atoms with van der Waals surface area (Å²) in [6.07, 6.45) is 7.84. The normalized spacial score (nSPS) is 13.3. The summed E-state index contributed by atoms with van der Waals surface area (Å²) >= 11 is 0.